The number of furan rings is 1. The monoisotopic (exact) mass is 336 g/mol. The van der Waals surface area contributed by atoms with Crippen LogP contribution in [-0.4, -0.2) is 17.1 Å². The average Bonchev–Trinajstić information content (AvgIpc) is 3.05. The molecule has 2 aromatic heterocycles. The summed E-state index contributed by atoms with van der Waals surface area (Å²) in [6.07, 6.45) is 1.52. The number of aromatic nitrogens is 2. The smallest absolute Gasteiger partial charge is 0.201 e. The van der Waals surface area contributed by atoms with E-state index in [9.17, 15) is 0 Å². The Bertz CT molecular complexity index is 768. The molecule has 0 aliphatic carbocycles. The van der Waals surface area contributed by atoms with Crippen molar-refractivity contribution in [1.29, 1.82) is 0 Å². The predicted octanol–water partition coefficient (Wildman–Crippen LogP) is 4.84. The van der Waals surface area contributed by atoms with Gasteiger partial charge in [0, 0.05) is 6.07 Å². The number of hydrogen-bond acceptors (Lipinski definition) is 5. The van der Waals surface area contributed by atoms with Crippen LogP contribution in [0.25, 0.3) is 11.6 Å². The fourth-order valence-corrected chi connectivity index (χ4v) is 2.24. The molecule has 112 valence electrons. The van der Waals surface area contributed by atoms with Gasteiger partial charge < -0.3 is 13.9 Å². The van der Waals surface area contributed by atoms with Crippen LogP contribution in [-0.2, 0) is 0 Å². The largest absolute Gasteiger partial charge is 0.497 e. The van der Waals surface area contributed by atoms with Gasteiger partial charge in [-0.15, -0.1) is 0 Å². The van der Waals surface area contributed by atoms with Gasteiger partial charge in [-0.25, -0.2) is 9.97 Å². The second-order valence-electron chi connectivity index (χ2n) is 4.22. The van der Waals surface area contributed by atoms with Gasteiger partial charge in [-0.2, -0.15) is 0 Å². The van der Waals surface area contributed by atoms with Crippen LogP contribution in [0.5, 0.6) is 17.2 Å². The number of rotatable bonds is 4. The molecule has 0 fully saturated rings. The molecular weight excluding hydrogens is 327 g/mol. The third-order valence-corrected chi connectivity index (χ3v) is 3.30. The molecule has 0 spiro atoms. The number of ether oxygens (including phenoxy) is 2. The van der Waals surface area contributed by atoms with Crippen LogP contribution in [0, 0.1) is 0 Å². The van der Waals surface area contributed by atoms with Crippen molar-refractivity contribution in [2.24, 2.45) is 0 Å². The number of nitrogens with zero attached hydrogens (tertiary/aromatic N) is 2. The van der Waals surface area contributed by atoms with Gasteiger partial charge in [0.05, 0.1) is 13.4 Å². The predicted molar refractivity (Wildman–Crippen MR) is 82.8 cm³/mol. The molecule has 0 bridgehead atoms. The number of methoxy groups -OCH3 is 1. The Morgan fingerprint density at radius 2 is 1.73 bits per heavy atom. The van der Waals surface area contributed by atoms with Gasteiger partial charge in [0.1, 0.15) is 11.5 Å². The lowest BCUT2D eigenvalue weighted by Crippen LogP contribution is -1.95. The Morgan fingerprint density at radius 1 is 1.00 bits per heavy atom. The van der Waals surface area contributed by atoms with Gasteiger partial charge in [0.2, 0.25) is 5.75 Å². The molecule has 7 heteroatoms. The van der Waals surface area contributed by atoms with Crippen molar-refractivity contribution in [1.82, 2.24) is 9.97 Å². The Kier molecular flexibility index (Phi) is 4.18. The lowest BCUT2D eigenvalue weighted by molar-refractivity contribution is 0.408. The summed E-state index contributed by atoms with van der Waals surface area (Å²) in [7, 11) is 1.57. The van der Waals surface area contributed by atoms with E-state index in [4.69, 9.17) is 37.1 Å². The van der Waals surface area contributed by atoms with Gasteiger partial charge in [-0.05, 0) is 24.3 Å². The summed E-state index contributed by atoms with van der Waals surface area (Å²) in [6.45, 7) is 0. The highest BCUT2D eigenvalue weighted by Gasteiger charge is 2.16. The van der Waals surface area contributed by atoms with Crippen LogP contribution in [0.2, 0.25) is 10.3 Å². The average molecular weight is 337 g/mol. The van der Waals surface area contributed by atoms with Crippen LogP contribution in [0.3, 0.4) is 0 Å². The van der Waals surface area contributed by atoms with E-state index >= 15 is 0 Å². The highest BCUT2D eigenvalue weighted by molar-refractivity contribution is 6.35. The molecule has 5 nitrogen and oxygen atoms in total. The molecule has 0 unspecified atom stereocenters. The Balaban J connectivity index is 1.94. The zero-order valence-electron chi connectivity index (χ0n) is 11.4. The summed E-state index contributed by atoms with van der Waals surface area (Å²) in [6, 6.07) is 10.5. The number of benzene rings is 1. The minimum absolute atomic E-state index is 0.0919. The summed E-state index contributed by atoms with van der Waals surface area (Å²) < 4.78 is 16.0. The first kappa shape index (κ1) is 14.7. The molecule has 0 atom stereocenters. The van der Waals surface area contributed by atoms with Crippen molar-refractivity contribution in [3.05, 3.63) is 53.0 Å². The first-order chi connectivity index (χ1) is 10.7. The Hall–Kier alpha value is -2.24. The second kappa shape index (κ2) is 6.25. The fraction of sp³-hybridized carbons (Fsp3) is 0.0667. The van der Waals surface area contributed by atoms with E-state index in [0.717, 1.165) is 0 Å². The van der Waals surface area contributed by atoms with Gasteiger partial charge in [-0.3, -0.25) is 0 Å². The summed E-state index contributed by atoms with van der Waals surface area (Å²) in [4.78, 5) is 8.27. The minimum Gasteiger partial charge on any atom is -0.497 e. The maximum Gasteiger partial charge on any atom is 0.201 e. The fourth-order valence-electron chi connectivity index (χ4n) is 1.78. The quantitative estimate of drug-likeness (QED) is 0.637. The molecule has 0 N–H and O–H groups in total. The summed E-state index contributed by atoms with van der Waals surface area (Å²) >= 11 is 12.3. The van der Waals surface area contributed by atoms with Crippen LogP contribution in [0.1, 0.15) is 0 Å². The van der Waals surface area contributed by atoms with E-state index in [1.54, 1.807) is 43.5 Å². The molecule has 0 aliphatic rings. The molecule has 3 aromatic rings. The maximum atomic E-state index is 6.14. The molecule has 3 rings (SSSR count). The van der Waals surface area contributed by atoms with Crippen molar-refractivity contribution in [2.45, 2.75) is 0 Å². The van der Waals surface area contributed by atoms with E-state index in [1.807, 2.05) is 0 Å². The topological polar surface area (TPSA) is 57.4 Å². The molecule has 0 amide bonds. The first-order valence-electron chi connectivity index (χ1n) is 6.26. The Morgan fingerprint density at radius 3 is 2.36 bits per heavy atom. The summed E-state index contributed by atoms with van der Waals surface area (Å²) in [5.41, 5.74) is 0. The van der Waals surface area contributed by atoms with Crippen molar-refractivity contribution in [3.63, 3.8) is 0 Å². The van der Waals surface area contributed by atoms with E-state index in [1.165, 1.54) is 6.26 Å². The summed E-state index contributed by atoms with van der Waals surface area (Å²) in [5.74, 6) is 2.09. The van der Waals surface area contributed by atoms with Crippen molar-refractivity contribution in [3.8, 4) is 28.8 Å². The molecule has 0 saturated heterocycles. The van der Waals surface area contributed by atoms with E-state index in [-0.39, 0.29) is 21.9 Å². The van der Waals surface area contributed by atoms with Crippen LogP contribution < -0.4 is 9.47 Å². The zero-order chi connectivity index (χ0) is 15.5. The maximum absolute atomic E-state index is 6.14. The third kappa shape index (κ3) is 3.00. The van der Waals surface area contributed by atoms with E-state index in [2.05, 4.69) is 9.97 Å². The lowest BCUT2D eigenvalue weighted by atomic mass is 10.3. The highest BCUT2D eigenvalue weighted by atomic mass is 35.5. The molecule has 22 heavy (non-hydrogen) atoms. The standard InChI is InChI=1S/C15H10Cl2N2O3/c1-20-9-4-2-5-10(8-9)22-12-13(16)18-15(19-14(12)17)11-6-3-7-21-11/h2-8H,1H3. The summed E-state index contributed by atoms with van der Waals surface area (Å²) in [5, 5.41) is 0.184. The normalized spacial score (nSPS) is 10.5. The van der Waals surface area contributed by atoms with Gasteiger partial charge in [-0.1, -0.05) is 29.3 Å². The number of hydrogen-bond donors (Lipinski definition) is 0. The van der Waals surface area contributed by atoms with Crippen LogP contribution in [0.4, 0.5) is 0 Å². The molecule has 0 radical (unpaired) electrons. The highest BCUT2D eigenvalue weighted by Crippen LogP contribution is 2.36. The van der Waals surface area contributed by atoms with E-state index < -0.39 is 0 Å². The SMILES string of the molecule is COc1cccc(Oc2c(Cl)nc(-c3ccco3)nc2Cl)c1. The molecule has 0 saturated carbocycles. The van der Waals surface area contributed by atoms with Gasteiger partial charge in [0.25, 0.3) is 0 Å². The van der Waals surface area contributed by atoms with Crippen molar-refractivity contribution < 1.29 is 13.9 Å². The molecule has 0 aliphatic heterocycles. The number of halogens is 2. The zero-order valence-corrected chi connectivity index (χ0v) is 12.9. The molecule has 1 aromatic carbocycles. The van der Waals surface area contributed by atoms with Crippen LogP contribution >= 0.6 is 23.2 Å². The van der Waals surface area contributed by atoms with E-state index in [0.29, 0.717) is 17.3 Å². The first-order valence-corrected chi connectivity index (χ1v) is 7.02. The van der Waals surface area contributed by atoms with Gasteiger partial charge in [0.15, 0.2) is 21.9 Å². The minimum atomic E-state index is 0.0919. The second-order valence-corrected chi connectivity index (χ2v) is 4.93. The Labute approximate surface area is 136 Å². The van der Waals surface area contributed by atoms with Gasteiger partial charge >= 0.3 is 0 Å². The van der Waals surface area contributed by atoms with Crippen LogP contribution in [0.15, 0.2) is 47.1 Å². The van der Waals surface area contributed by atoms with Crippen molar-refractivity contribution >= 4 is 23.2 Å². The third-order valence-electron chi connectivity index (χ3n) is 2.79. The lowest BCUT2D eigenvalue weighted by Gasteiger charge is -2.10. The van der Waals surface area contributed by atoms with Crippen molar-refractivity contribution in [2.75, 3.05) is 7.11 Å². The molecule has 2 heterocycles. The molecular formula is C15H10Cl2N2O3.